The van der Waals surface area contributed by atoms with Gasteiger partial charge in [-0.2, -0.15) is 0 Å². The zero-order valence-electron chi connectivity index (χ0n) is 12.1. The lowest BCUT2D eigenvalue weighted by Gasteiger charge is -2.28. The van der Waals surface area contributed by atoms with Crippen molar-refractivity contribution in [3.63, 3.8) is 0 Å². The molecule has 0 aliphatic carbocycles. The van der Waals surface area contributed by atoms with Crippen molar-refractivity contribution < 1.29 is 14.0 Å². The summed E-state index contributed by atoms with van der Waals surface area (Å²) in [7, 11) is 0. The summed E-state index contributed by atoms with van der Waals surface area (Å²) < 4.78 is 12.9. The van der Waals surface area contributed by atoms with E-state index in [0.29, 0.717) is 13.1 Å². The van der Waals surface area contributed by atoms with Crippen LogP contribution in [0.1, 0.15) is 32.8 Å². The Morgan fingerprint density at radius 2 is 1.90 bits per heavy atom. The highest BCUT2D eigenvalue weighted by molar-refractivity contribution is 5.75. The number of carbonyl (C=O) groups excluding carboxylic acids is 1. The molecule has 0 saturated carbocycles. The molecule has 0 aromatic heterocycles. The minimum atomic E-state index is -0.499. The maximum Gasteiger partial charge on any atom is 0.330 e. The molecule has 0 N–H and O–H groups in total. The van der Waals surface area contributed by atoms with E-state index in [1.54, 1.807) is 17.2 Å². The van der Waals surface area contributed by atoms with Crippen molar-refractivity contribution in [2.75, 3.05) is 13.1 Å². The van der Waals surface area contributed by atoms with Crippen LogP contribution >= 0.6 is 0 Å². The van der Waals surface area contributed by atoms with Gasteiger partial charge in [-0.3, -0.25) is 0 Å². The first-order valence-electron chi connectivity index (χ1n) is 6.78. The largest absolute Gasteiger partial charge is 0.367 e. The van der Waals surface area contributed by atoms with E-state index in [2.05, 4.69) is 0 Å². The van der Waals surface area contributed by atoms with Gasteiger partial charge >= 0.3 is 5.97 Å². The second-order valence-electron chi connectivity index (χ2n) is 6.00. The van der Waals surface area contributed by atoms with Crippen LogP contribution in [0.2, 0.25) is 0 Å². The average molecular weight is 277 g/mol. The van der Waals surface area contributed by atoms with Crippen molar-refractivity contribution in [1.29, 1.82) is 0 Å². The molecule has 1 aliphatic rings. The standard InChI is InChI=1S/C16H20FNO2/c1-16(2,3)15(19)20-18-10-8-13(9-11-18)12-4-6-14(17)7-5-12/h4-8H,9-11H2,1-3H3. The summed E-state index contributed by atoms with van der Waals surface area (Å²) in [6, 6.07) is 6.47. The summed E-state index contributed by atoms with van der Waals surface area (Å²) in [5.41, 5.74) is 1.68. The van der Waals surface area contributed by atoms with E-state index >= 15 is 0 Å². The lowest BCUT2D eigenvalue weighted by molar-refractivity contribution is -0.198. The number of halogens is 1. The number of carbonyl (C=O) groups is 1. The quantitative estimate of drug-likeness (QED) is 0.829. The van der Waals surface area contributed by atoms with Gasteiger partial charge < -0.3 is 4.84 Å². The highest BCUT2D eigenvalue weighted by atomic mass is 19.1. The summed E-state index contributed by atoms with van der Waals surface area (Å²) in [6.07, 6.45) is 2.80. The summed E-state index contributed by atoms with van der Waals surface area (Å²) in [4.78, 5) is 17.1. The number of hydrogen-bond donors (Lipinski definition) is 0. The molecule has 0 fully saturated rings. The maximum absolute atomic E-state index is 12.9. The third kappa shape index (κ3) is 3.67. The van der Waals surface area contributed by atoms with Crippen LogP contribution in [0.4, 0.5) is 4.39 Å². The van der Waals surface area contributed by atoms with Crippen LogP contribution in [-0.2, 0) is 9.63 Å². The first-order chi connectivity index (χ1) is 9.36. The van der Waals surface area contributed by atoms with Crippen LogP contribution in [0.3, 0.4) is 0 Å². The Bertz CT molecular complexity index is 514. The van der Waals surface area contributed by atoms with Gasteiger partial charge in [-0.05, 0) is 50.5 Å². The van der Waals surface area contributed by atoms with Gasteiger partial charge in [0.25, 0.3) is 0 Å². The van der Waals surface area contributed by atoms with E-state index in [0.717, 1.165) is 17.6 Å². The van der Waals surface area contributed by atoms with Gasteiger partial charge in [0.2, 0.25) is 0 Å². The number of nitrogens with zero attached hydrogens (tertiary/aromatic N) is 1. The topological polar surface area (TPSA) is 29.5 Å². The van der Waals surface area contributed by atoms with Crippen LogP contribution in [-0.4, -0.2) is 24.1 Å². The Labute approximate surface area is 119 Å². The first-order valence-corrected chi connectivity index (χ1v) is 6.78. The van der Waals surface area contributed by atoms with Crippen LogP contribution in [0.15, 0.2) is 30.3 Å². The molecule has 3 nitrogen and oxygen atoms in total. The Kier molecular flexibility index (Phi) is 4.23. The van der Waals surface area contributed by atoms with Gasteiger partial charge in [0.05, 0.1) is 12.0 Å². The number of benzene rings is 1. The highest BCUT2D eigenvalue weighted by Gasteiger charge is 2.26. The molecule has 1 aliphatic heterocycles. The van der Waals surface area contributed by atoms with Gasteiger partial charge in [0.15, 0.2) is 0 Å². The minimum absolute atomic E-state index is 0.226. The van der Waals surface area contributed by atoms with Crippen LogP contribution in [0.25, 0.3) is 5.57 Å². The van der Waals surface area contributed by atoms with Gasteiger partial charge in [-0.25, -0.2) is 9.18 Å². The fourth-order valence-electron chi connectivity index (χ4n) is 1.91. The summed E-state index contributed by atoms with van der Waals surface area (Å²) >= 11 is 0. The van der Waals surface area contributed by atoms with Crippen LogP contribution in [0, 0.1) is 11.2 Å². The molecule has 0 atom stereocenters. The van der Waals surface area contributed by atoms with E-state index in [1.807, 2.05) is 26.8 Å². The van der Waals surface area contributed by atoms with Crippen LogP contribution in [0.5, 0.6) is 0 Å². The molecule has 0 radical (unpaired) electrons. The van der Waals surface area contributed by atoms with Gasteiger partial charge in [-0.1, -0.05) is 18.2 Å². The number of hydrogen-bond acceptors (Lipinski definition) is 3. The summed E-state index contributed by atoms with van der Waals surface area (Å²) in [5, 5.41) is 1.67. The molecular weight excluding hydrogens is 257 g/mol. The van der Waals surface area contributed by atoms with Crippen molar-refractivity contribution in [2.24, 2.45) is 5.41 Å². The second kappa shape index (κ2) is 5.75. The fourth-order valence-corrected chi connectivity index (χ4v) is 1.91. The lowest BCUT2D eigenvalue weighted by atomic mass is 9.97. The normalized spacial score (nSPS) is 16.7. The SMILES string of the molecule is CC(C)(C)C(=O)ON1CC=C(c2ccc(F)cc2)CC1. The van der Waals surface area contributed by atoms with Crippen LogP contribution < -0.4 is 0 Å². The molecule has 1 heterocycles. The zero-order chi connectivity index (χ0) is 14.8. The summed E-state index contributed by atoms with van der Waals surface area (Å²) in [5.74, 6) is -0.456. The Morgan fingerprint density at radius 1 is 1.25 bits per heavy atom. The Hall–Kier alpha value is -1.68. The third-order valence-electron chi connectivity index (χ3n) is 3.21. The number of rotatable bonds is 2. The molecule has 0 amide bonds. The van der Waals surface area contributed by atoms with E-state index in [9.17, 15) is 9.18 Å². The molecule has 2 rings (SSSR count). The number of hydroxylamine groups is 2. The monoisotopic (exact) mass is 277 g/mol. The Morgan fingerprint density at radius 3 is 2.40 bits per heavy atom. The van der Waals surface area contributed by atoms with E-state index in [4.69, 9.17) is 4.84 Å². The van der Waals surface area contributed by atoms with Crippen molar-refractivity contribution in [1.82, 2.24) is 5.06 Å². The first kappa shape index (κ1) is 14.7. The smallest absolute Gasteiger partial charge is 0.330 e. The second-order valence-corrected chi connectivity index (χ2v) is 6.00. The molecule has 0 unspecified atom stereocenters. The molecule has 1 aromatic carbocycles. The molecule has 0 saturated heterocycles. The van der Waals surface area contributed by atoms with Crippen molar-refractivity contribution in [3.05, 3.63) is 41.7 Å². The maximum atomic E-state index is 12.9. The average Bonchev–Trinajstić information content (AvgIpc) is 2.39. The summed E-state index contributed by atoms with van der Waals surface area (Å²) in [6.45, 7) is 6.72. The van der Waals surface area contributed by atoms with Gasteiger partial charge in [-0.15, -0.1) is 5.06 Å². The molecule has 0 bridgehead atoms. The van der Waals surface area contributed by atoms with E-state index in [-0.39, 0.29) is 11.8 Å². The molecular formula is C16H20FNO2. The fraction of sp³-hybridized carbons (Fsp3) is 0.438. The van der Waals surface area contributed by atoms with E-state index in [1.165, 1.54) is 12.1 Å². The van der Waals surface area contributed by atoms with Crippen molar-refractivity contribution in [2.45, 2.75) is 27.2 Å². The predicted molar refractivity (Wildman–Crippen MR) is 76.1 cm³/mol. The molecule has 1 aromatic rings. The molecule has 20 heavy (non-hydrogen) atoms. The predicted octanol–water partition coefficient (Wildman–Crippen LogP) is 3.42. The highest BCUT2D eigenvalue weighted by Crippen LogP contribution is 2.24. The lowest BCUT2D eigenvalue weighted by Crippen LogP contribution is -2.35. The molecule has 4 heteroatoms. The van der Waals surface area contributed by atoms with Gasteiger partial charge in [0.1, 0.15) is 5.82 Å². The van der Waals surface area contributed by atoms with E-state index < -0.39 is 5.41 Å². The zero-order valence-corrected chi connectivity index (χ0v) is 12.1. The van der Waals surface area contributed by atoms with Crippen molar-refractivity contribution >= 4 is 11.5 Å². The van der Waals surface area contributed by atoms with Gasteiger partial charge in [0, 0.05) is 6.54 Å². The minimum Gasteiger partial charge on any atom is -0.367 e. The van der Waals surface area contributed by atoms with Crippen molar-refractivity contribution in [3.8, 4) is 0 Å². The molecule has 0 spiro atoms. The molecule has 108 valence electrons. The third-order valence-corrected chi connectivity index (χ3v) is 3.21. The Balaban J connectivity index is 1.97.